The molecular formula is C28H22F2N2O5S. The monoisotopic (exact) mass is 536 g/mol. The number of carbonyl (C=O) groups excluding carboxylic acids is 1. The van der Waals surface area contributed by atoms with E-state index < -0.39 is 23.6 Å². The maximum atomic E-state index is 13.8. The molecule has 0 fully saturated rings. The van der Waals surface area contributed by atoms with Crippen LogP contribution in [0.1, 0.15) is 37.0 Å². The number of furan rings is 1. The lowest BCUT2D eigenvalue weighted by Gasteiger charge is -2.24. The summed E-state index contributed by atoms with van der Waals surface area (Å²) in [6.07, 6.45) is 1.58. The summed E-state index contributed by atoms with van der Waals surface area (Å²) < 4.78 is 45.2. The molecule has 0 N–H and O–H groups in total. The average Bonchev–Trinajstić information content (AvgIpc) is 3.47. The second kappa shape index (κ2) is 10.6. The number of rotatable bonds is 7. The fourth-order valence-corrected chi connectivity index (χ4v) is 5.19. The number of benzene rings is 2. The van der Waals surface area contributed by atoms with Crippen LogP contribution in [0, 0.1) is 11.6 Å². The summed E-state index contributed by atoms with van der Waals surface area (Å²) in [6.45, 7) is 3.55. The molecule has 0 radical (unpaired) electrons. The molecule has 7 nitrogen and oxygen atoms in total. The predicted octanol–water partition coefficient (Wildman–Crippen LogP) is 4.25. The van der Waals surface area contributed by atoms with Gasteiger partial charge < -0.3 is 13.9 Å². The van der Waals surface area contributed by atoms with Gasteiger partial charge in [0.2, 0.25) is 0 Å². The second-order valence-corrected chi connectivity index (χ2v) is 9.39. The normalized spacial score (nSPS) is 15.3. The van der Waals surface area contributed by atoms with E-state index in [1.165, 1.54) is 22.0 Å². The van der Waals surface area contributed by atoms with E-state index in [4.69, 9.17) is 13.9 Å². The summed E-state index contributed by atoms with van der Waals surface area (Å²) in [5.41, 5.74) is 1.21. The van der Waals surface area contributed by atoms with Crippen LogP contribution in [0.5, 0.6) is 5.75 Å². The Morgan fingerprint density at radius 1 is 1.16 bits per heavy atom. The number of allylic oxidation sites excluding steroid dienone is 1. The third-order valence-corrected chi connectivity index (χ3v) is 6.83. The Hall–Kier alpha value is -4.31. The molecule has 0 bridgehead atoms. The molecule has 0 aliphatic carbocycles. The lowest BCUT2D eigenvalue weighted by atomic mass is 9.96. The first-order chi connectivity index (χ1) is 18.4. The van der Waals surface area contributed by atoms with Crippen LogP contribution in [0.25, 0.3) is 6.08 Å². The first-order valence-corrected chi connectivity index (χ1v) is 12.6. The maximum Gasteiger partial charge on any atom is 0.338 e. The molecule has 5 rings (SSSR count). The molecule has 0 saturated heterocycles. The average molecular weight is 537 g/mol. The van der Waals surface area contributed by atoms with Gasteiger partial charge in [0.05, 0.1) is 28.5 Å². The Morgan fingerprint density at radius 3 is 2.68 bits per heavy atom. The molecular weight excluding hydrogens is 514 g/mol. The number of thiazole rings is 1. The van der Waals surface area contributed by atoms with Gasteiger partial charge in [-0.05, 0) is 43.7 Å². The minimum atomic E-state index is -0.816. The molecule has 1 aliphatic heterocycles. The van der Waals surface area contributed by atoms with E-state index in [1.807, 2.05) is 30.3 Å². The number of aromatic nitrogens is 1. The van der Waals surface area contributed by atoms with E-state index in [2.05, 4.69) is 4.99 Å². The highest BCUT2D eigenvalue weighted by Crippen LogP contribution is 2.30. The van der Waals surface area contributed by atoms with Gasteiger partial charge in [-0.1, -0.05) is 41.7 Å². The summed E-state index contributed by atoms with van der Waals surface area (Å²) in [5.74, 6) is -1.38. The third kappa shape index (κ3) is 4.95. The van der Waals surface area contributed by atoms with Crippen LogP contribution in [-0.4, -0.2) is 17.1 Å². The van der Waals surface area contributed by atoms with E-state index in [0.717, 1.165) is 17.7 Å². The van der Waals surface area contributed by atoms with Crippen molar-refractivity contribution in [3.63, 3.8) is 0 Å². The standard InChI is InChI=1S/C28H22F2N2O5S/c1-3-35-27(34)24-16(2)31-28-32(25(24)17-7-5-4-6-8-17)26(33)23(38-28)14-19-10-11-20(37-19)15-36-22-12-9-18(29)13-21(22)30/h4-14,25H,3,15H2,1-2H3. The Labute approximate surface area is 219 Å². The molecule has 0 amide bonds. The van der Waals surface area contributed by atoms with E-state index in [0.29, 0.717) is 32.1 Å². The largest absolute Gasteiger partial charge is 0.483 e. The highest BCUT2D eigenvalue weighted by atomic mass is 32.1. The molecule has 194 valence electrons. The zero-order valence-corrected chi connectivity index (χ0v) is 21.3. The molecule has 38 heavy (non-hydrogen) atoms. The summed E-state index contributed by atoms with van der Waals surface area (Å²) in [6, 6.07) is 14.9. The molecule has 2 aromatic heterocycles. The molecule has 1 atom stereocenters. The Kier molecular flexibility index (Phi) is 7.06. The van der Waals surface area contributed by atoms with Crippen LogP contribution < -0.4 is 19.6 Å². The van der Waals surface area contributed by atoms with Crippen molar-refractivity contribution in [2.24, 2.45) is 4.99 Å². The van der Waals surface area contributed by atoms with Crippen LogP contribution in [0.3, 0.4) is 0 Å². The SMILES string of the molecule is CCOC(=O)C1=C(C)N=c2sc(=Cc3ccc(COc4ccc(F)cc4F)o3)c(=O)n2C1c1ccccc1. The zero-order chi connectivity index (χ0) is 26.8. The topological polar surface area (TPSA) is 83.0 Å². The molecule has 2 aromatic carbocycles. The Balaban J connectivity index is 1.49. The Bertz CT molecular complexity index is 1720. The van der Waals surface area contributed by atoms with E-state index in [-0.39, 0.29) is 24.5 Å². The zero-order valence-electron chi connectivity index (χ0n) is 20.4. The van der Waals surface area contributed by atoms with Gasteiger partial charge in [0, 0.05) is 12.1 Å². The maximum absolute atomic E-state index is 13.8. The van der Waals surface area contributed by atoms with E-state index in [9.17, 15) is 18.4 Å². The fraction of sp³-hybridized carbons (Fsp3) is 0.179. The highest BCUT2D eigenvalue weighted by molar-refractivity contribution is 7.07. The predicted molar refractivity (Wildman–Crippen MR) is 136 cm³/mol. The van der Waals surface area contributed by atoms with Crippen LogP contribution in [0.2, 0.25) is 0 Å². The molecule has 4 aromatic rings. The van der Waals surface area contributed by atoms with Gasteiger partial charge >= 0.3 is 5.97 Å². The van der Waals surface area contributed by atoms with Crippen molar-refractivity contribution < 1.29 is 27.5 Å². The number of hydrogen-bond donors (Lipinski definition) is 0. The van der Waals surface area contributed by atoms with E-state index >= 15 is 0 Å². The van der Waals surface area contributed by atoms with Gasteiger partial charge in [0.15, 0.2) is 16.4 Å². The van der Waals surface area contributed by atoms with Crippen molar-refractivity contribution >= 4 is 23.4 Å². The lowest BCUT2D eigenvalue weighted by molar-refractivity contribution is -0.139. The Morgan fingerprint density at radius 2 is 1.95 bits per heavy atom. The van der Waals surface area contributed by atoms with Crippen LogP contribution in [-0.2, 0) is 16.1 Å². The third-order valence-electron chi connectivity index (χ3n) is 5.85. The fourth-order valence-electron chi connectivity index (χ4n) is 4.16. The van der Waals surface area contributed by atoms with Crippen molar-refractivity contribution in [3.05, 3.63) is 120 Å². The van der Waals surface area contributed by atoms with Crippen LogP contribution in [0.4, 0.5) is 8.78 Å². The first kappa shape index (κ1) is 25.3. The van der Waals surface area contributed by atoms with E-state index in [1.54, 1.807) is 32.1 Å². The van der Waals surface area contributed by atoms with Crippen LogP contribution in [0.15, 0.2) is 86.1 Å². The van der Waals surface area contributed by atoms with Crippen molar-refractivity contribution in [1.29, 1.82) is 0 Å². The van der Waals surface area contributed by atoms with Gasteiger partial charge in [-0.2, -0.15) is 0 Å². The molecule has 1 aliphatic rings. The van der Waals surface area contributed by atoms with Crippen molar-refractivity contribution in [2.45, 2.75) is 26.5 Å². The number of nitrogens with zero attached hydrogens (tertiary/aromatic N) is 2. The van der Waals surface area contributed by atoms with Gasteiger partial charge in [-0.15, -0.1) is 0 Å². The number of esters is 1. The summed E-state index contributed by atoms with van der Waals surface area (Å²) in [5, 5.41) is 0. The first-order valence-electron chi connectivity index (χ1n) is 11.8. The molecule has 10 heteroatoms. The molecule has 0 saturated carbocycles. The van der Waals surface area contributed by atoms with Crippen LogP contribution >= 0.6 is 11.3 Å². The number of hydrogen-bond acceptors (Lipinski definition) is 7. The van der Waals surface area contributed by atoms with Gasteiger partial charge in [-0.25, -0.2) is 18.6 Å². The van der Waals surface area contributed by atoms with Gasteiger partial charge in [0.1, 0.15) is 23.9 Å². The summed E-state index contributed by atoms with van der Waals surface area (Å²) >= 11 is 1.17. The van der Waals surface area contributed by atoms with Gasteiger partial charge in [0.25, 0.3) is 5.56 Å². The molecule has 3 heterocycles. The smallest absolute Gasteiger partial charge is 0.338 e. The molecule has 1 unspecified atom stereocenters. The second-order valence-electron chi connectivity index (χ2n) is 8.38. The van der Waals surface area contributed by atoms with Crippen molar-refractivity contribution in [2.75, 3.05) is 6.61 Å². The lowest BCUT2D eigenvalue weighted by Crippen LogP contribution is -2.39. The minimum Gasteiger partial charge on any atom is -0.483 e. The number of ether oxygens (including phenoxy) is 2. The van der Waals surface area contributed by atoms with Crippen molar-refractivity contribution in [1.82, 2.24) is 4.57 Å². The summed E-state index contributed by atoms with van der Waals surface area (Å²) in [4.78, 5) is 31.5. The molecule has 0 spiro atoms. The number of halogens is 2. The van der Waals surface area contributed by atoms with Crippen molar-refractivity contribution in [3.8, 4) is 5.75 Å². The summed E-state index contributed by atoms with van der Waals surface area (Å²) in [7, 11) is 0. The quantitative estimate of drug-likeness (QED) is 0.330. The number of fused-ring (bicyclic) bond motifs is 1. The van der Waals surface area contributed by atoms with Gasteiger partial charge in [-0.3, -0.25) is 9.36 Å². The minimum absolute atomic E-state index is 0.0895. The number of carbonyl (C=O) groups is 1. The highest BCUT2D eigenvalue weighted by Gasteiger charge is 2.33.